The first-order valence-corrected chi connectivity index (χ1v) is 8.51. The number of hydrogen-bond acceptors (Lipinski definition) is 2. The number of hydrogen-bond donors (Lipinski definition) is 1. The predicted molar refractivity (Wildman–Crippen MR) is 100 cm³/mol. The summed E-state index contributed by atoms with van der Waals surface area (Å²) in [7, 11) is 0. The van der Waals surface area contributed by atoms with Gasteiger partial charge in [0.15, 0.2) is 0 Å². The number of aryl methyl sites for hydroxylation is 1. The van der Waals surface area contributed by atoms with Crippen LogP contribution in [0, 0.1) is 18.3 Å². The molecular formula is C22H18N2O. The van der Waals surface area contributed by atoms with E-state index in [0.29, 0.717) is 12.0 Å². The molecule has 1 aliphatic carbocycles. The fourth-order valence-electron chi connectivity index (χ4n) is 3.64. The largest absolute Gasteiger partial charge is 0.326 e. The fourth-order valence-corrected chi connectivity index (χ4v) is 3.64. The second kappa shape index (κ2) is 6.07. The average Bonchev–Trinajstić information content (AvgIpc) is 2.82. The van der Waals surface area contributed by atoms with Crippen molar-refractivity contribution < 1.29 is 4.79 Å². The lowest BCUT2D eigenvalue weighted by Crippen LogP contribution is -2.20. The molecule has 25 heavy (non-hydrogen) atoms. The molecule has 1 aliphatic heterocycles. The van der Waals surface area contributed by atoms with E-state index in [2.05, 4.69) is 41.7 Å². The molecule has 2 aromatic carbocycles. The highest BCUT2D eigenvalue weighted by Crippen LogP contribution is 2.37. The zero-order valence-corrected chi connectivity index (χ0v) is 14.1. The molecule has 0 radical (unpaired) electrons. The smallest absolute Gasteiger partial charge is 0.224 e. The third-order valence-corrected chi connectivity index (χ3v) is 4.90. The van der Waals surface area contributed by atoms with Gasteiger partial charge >= 0.3 is 0 Å². The lowest BCUT2D eigenvalue weighted by molar-refractivity contribution is -0.116. The molecule has 3 heteroatoms. The van der Waals surface area contributed by atoms with Crippen LogP contribution in [0.5, 0.6) is 0 Å². The Hall–Kier alpha value is -3.12. The molecule has 4 rings (SSSR count). The Morgan fingerprint density at radius 1 is 1.16 bits per heavy atom. The summed E-state index contributed by atoms with van der Waals surface area (Å²) >= 11 is 0. The Bertz CT molecular complexity index is 990. The van der Waals surface area contributed by atoms with Crippen LogP contribution < -0.4 is 5.32 Å². The second-order valence-corrected chi connectivity index (χ2v) is 6.50. The zero-order valence-electron chi connectivity index (χ0n) is 14.1. The summed E-state index contributed by atoms with van der Waals surface area (Å²) in [6, 6.07) is 12.4. The molecule has 2 aliphatic rings. The number of rotatable bonds is 1. The third-order valence-electron chi connectivity index (χ3n) is 4.90. The highest BCUT2D eigenvalue weighted by molar-refractivity contribution is 5.97. The lowest BCUT2D eigenvalue weighted by Gasteiger charge is -2.22. The Balaban J connectivity index is 1.92. The van der Waals surface area contributed by atoms with E-state index in [1.165, 1.54) is 5.56 Å². The zero-order chi connectivity index (χ0) is 17.4. The SMILES string of the molecule is Cc1cc2c(cc1C#N)C(c1cccc3c1CCC(=O)N3)=CCC=C2. The molecule has 0 bridgehead atoms. The maximum absolute atomic E-state index is 11.7. The Morgan fingerprint density at radius 2 is 2.04 bits per heavy atom. The number of allylic oxidation sites excluding steroid dienone is 2. The summed E-state index contributed by atoms with van der Waals surface area (Å²) in [5.74, 6) is 0.0731. The van der Waals surface area contributed by atoms with Gasteiger partial charge in [-0.05, 0) is 65.3 Å². The first kappa shape index (κ1) is 15.4. The first-order chi connectivity index (χ1) is 12.2. The van der Waals surface area contributed by atoms with Gasteiger partial charge in [0.1, 0.15) is 0 Å². The van der Waals surface area contributed by atoms with Crippen LogP contribution in [-0.2, 0) is 11.2 Å². The molecule has 0 atom stereocenters. The normalized spacial score (nSPS) is 15.4. The van der Waals surface area contributed by atoms with Crippen LogP contribution in [0.25, 0.3) is 11.6 Å². The van der Waals surface area contributed by atoms with Crippen molar-refractivity contribution in [2.24, 2.45) is 0 Å². The number of benzene rings is 2. The van der Waals surface area contributed by atoms with Gasteiger partial charge in [0.2, 0.25) is 5.91 Å². The van der Waals surface area contributed by atoms with Gasteiger partial charge in [0.25, 0.3) is 0 Å². The minimum atomic E-state index is 0.0731. The molecule has 0 saturated heterocycles. The van der Waals surface area contributed by atoms with Gasteiger partial charge < -0.3 is 5.32 Å². The van der Waals surface area contributed by atoms with Gasteiger partial charge in [-0.3, -0.25) is 4.79 Å². The summed E-state index contributed by atoms with van der Waals surface area (Å²) in [5.41, 5.74) is 8.30. The lowest BCUT2D eigenvalue weighted by atomic mass is 9.86. The van der Waals surface area contributed by atoms with Crippen LogP contribution in [-0.4, -0.2) is 5.91 Å². The monoisotopic (exact) mass is 326 g/mol. The van der Waals surface area contributed by atoms with E-state index in [0.717, 1.165) is 46.4 Å². The number of nitriles is 1. The summed E-state index contributed by atoms with van der Waals surface area (Å²) in [5, 5.41) is 12.4. The van der Waals surface area contributed by atoms with Crippen LogP contribution in [0.3, 0.4) is 0 Å². The highest BCUT2D eigenvalue weighted by Gasteiger charge is 2.21. The quantitative estimate of drug-likeness (QED) is 0.832. The topological polar surface area (TPSA) is 52.9 Å². The van der Waals surface area contributed by atoms with Crippen LogP contribution >= 0.6 is 0 Å². The van der Waals surface area contributed by atoms with Gasteiger partial charge in [-0.1, -0.05) is 36.4 Å². The van der Waals surface area contributed by atoms with Gasteiger partial charge in [0, 0.05) is 12.1 Å². The maximum Gasteiger partial charge on any atom is 0.224 e. The van der Waals surface area contributed by atoms with Gasteiger partial charge in [-0.25, -0.2) is 0 Å². The van der Waals surface area contributed by atoms with Crippen molar-refractivity contribution in [3.8, 4) is 6.07 Å². The number of fused-ring (bicyclic) bond motifs is 2. The number of nitrogens with zero attached hydrogens (tertiary/aromatic N) is 1. The second-order valence-electron chi connectivity index (χ2n) is 6.50. The molecule has 0 unspecified atom stereocenters. The molecule has 1 heterocycles. The van der Waals surface area contributed by atoms with Crippen LogP contribution in [0.1, 0.15) is 46.2 Å². The molecular weight excluding hydrogens is 308 g/mol. The van der Waals surface area contributed by atoms with Crippen molar-refractivity contribution in [3.63, 3.8) is 0 Å². The molecule has 122 valence electrons. The molecule has 0 fully saturated rings. The molecule has 0 spiro atoms. The van der Waals surface area contributed by atoms with E-state index in [4.69, 9.17) is 0 Å². The van der Waals surface area contributed by atoms with Crippen LogP contribution in [0.2, 0.25) is 0 Å². The fraction of sp³-hybridized carbons (Fsp3) is 0.182. The number of carbonyl (C=O) groups is 1. The maximum atomic E-state index is 11.7. The molecule has 2 aromatic rings. The Morgan fingerprint density at radius 3 is 2.88 bits per heavy atom. The van der Waals surface area contributed by atoms with E-state index in [1.54, 1.807) is 0 Å². The Labute approximate surface area is 147 Å². The van der Waals surface area contributed by atoms with E-state index >= 15 is 0 Å². The minimum absolute atomic E-state index is 0.0731. The van der Waals surface area contributed by atoms with E-state index in [1.807, 2.05) is 25.1 Å². The average molecular weight is 326 g/mol. The summed E-state index contributed by atoms with van der Waals surface area (Å²) in [6.45, 7) is 1.97. The number of carbonyl (C=O) groups excluding carboxylic acids is 1. The Kier molecular flexibility index (Phi) is 3.74. The molecule has 0 aromatic heterocycles. The van der Waals surface area contributed by atoms with Crippen LogP contribution in [0.4, 0.5) is 5.69 Å². The highest BCUT2D eigenvalue weighted by atomic mass is 16.1. The van der Waals surface area contributed by atoms with Gasteiger partial charge in [0.05, 0.1) is 11.6 Å². The first-order valence-electron chi connectivity index (χ1n) is 8.51. The predicted octanol–water partition coefficient (Wildman–Crippen LogP) is 4.60. The summed E-state index contributed by atoms with van der Waals surface area (Å²) < 4.78 is 0. The third kappa shape index (κ3) is 2.66. The van der Waals surface area contributed by atoms with Gasteiger partial charge in [-0.15, -0.1) is 0 Å². The van der Waals surface area contributed by atoms with Crippen molar-refractivity contribution in [1.82, 2.24) is 0 Å². The van der Waals surface area contributed by atoms with Crippen LogP contribution in [0.15, 0.2) is 42.5 Å². The van der Waals surface area contributed by atoms with E-state index in [9.17, 15) is 10.1 Å². The molecule has 0 saturated carbocycles. The van der Waals surface area contributed by atoms with Crippen molar-refractivity contribution in [2.45, 2.75) is 26.2 Å². The minimum Gasteiger partial charge on any atom is -0.326 e. The number of nitrogens with one attached hydrogen (secondary N) is 1. The van der Waals surface area contributed by atoms with E-state index < -0.39 is 0 Å². The standard InChI is InChI=1S/C22H18N2O/c1-14-11-15-5-2-3-6-18(20(15)12-16(14)13-23)17-7-4-8-21-19(17)9-10-22(25)24-21/h2,4-8,11-12H,3,9-10H2,1H3,(H,24,25). The molecule has 3 nitrogen and oxygen atoms in total. The summed E-state index contributed by atoms with van der Waals surface area (Å²) in [6.07, 6.45) is 8.60. The molecule has 1 amide bonds. The van der Waals surface area contributed by atoms with Crippen molar-refractivity contribution in [1.29, 1.82) is 5.26 Å². The van der Waals surface area contributed by atoms with Gasteiger partial charge in [-0.2, -0.15) is 5.26 Å². The molecule has 1 N–H and O–H groups in total. The van der Waals surface area contributed by atoms with Crippen molar-refractivity contribution in [2.75, 3.05) is 5.32 Å². The number of anilines is 1. The van der Waals surface area contributed by atoms with Crippen molar-refractivity contribution in [3.05, 3.63) is 75.9 Å². The number of amides is 1. The van der Waals surface area contributed by atoms with E-state index in [-0.39, 0.29) is 5.91 Å². The van der Waals surface area contributed by atoms with Crippen molar-refractivity contribution >= 4 is 23.2 Å². The summed E-state index contributed by atoms with van der Waals surface area (Å²) in [4.78, 5) is 11.7.